The molecule has 0 bridgehead atoms. The number of benzene rings is 1. The Morgan fingerprint density at radius 2 is 2.06 bits per heavy atom. The SMILES string of the molecule is CCC(N)c1ccc2[nH]c(C(NC(=O)c3ccnn3C)C3CCC(F)(F)CC3)nc2c1.Cl. The Morgan fingerprint density at radius 1 is 1.34 bits per heavy atom. The molecule has 1 fully saturated rings. The Labute approximate surface area is 191 Å². The number of aryl methyl sites for hydroxylation is 1. The number of nitrogens with one attached hydrogen (secondary N) is 2. The van der Waals surface area contributed by atoms with Crippen molar-refractivity contribution in [2.24, 2.45) is 18.7 Å². The molecule has 4 rings (SSSR count). The van der Waals surface area contributed by atoms with Gasteiger partial charge in [0, 0.05) is 32.1 Å². The van der Waals surface area contributed by atoms with Gasteiger partial charge in [-0.3, -0.25) is 9.48 Å². The summed E-state index contributed by atoms with van der Waals surface area (Å²) in [4.78, 5) is 20.9. The molecule has 1 amide bonds. The van der Waals surface area contributed by atoms with E-state index in [1.807, 2.05) is 25.1 Å². The van der Waals surface area contributed by atoms with Gasteiger partial charge in [-0.15, -0.1) is 12.4 Å². The molecule has 10 heteroatoms. The predicted molar refractivity (Wildman–Crippen MR) is 121 cm³/mol. The molecule has 0 aliphatic heterocycles. The van der Waals surface area contributed by atoms with E-state index in [9.17, 15) is 13.6 Å². The summed E-state index contributed by atoms with van der Waals surface area (Å²) >= 11 is 0. The van der Waals surface area contributed by atoms with Crippen LogP contribution < -0.4 is 11.1 Å². The van der Waals surface area contributed by atoms with Gasteiger partial charge in [0.2, 0.25) is 5.92 Å². The maximum atomic E-state index is 13.8. The van der Waals surface area contributed by atoms with Crippen LogP contribution in [0.1, 0.15) is 73.0 Å². The number of hydrogen-bond acceptors (Lipinski definition) is 4. The fraction of sp³-hybridized carbons (Fsp3) is 0.500. The van der Waals surface area contributed by atoms with Crippen molar-refractivity contribution in [2.75, 3.05) is 0 Å². The van der Waals surface area contributed by atoms with Crippen LogP contribution >= 0.6 is 12.4 Å². The number of nitrogens with two attached hydrogens (primary N) is 1. The highest BCUT2D eigenvalue weighted by atomic mass is 35.5. The van der Waals surface area contributed by atoms with Crippen LogP contribution in [0.4, 0.5) is 8.78 Å². The van der Waals surface area contributed by atoms with E-state index in [0.29, 0.717) is 24.4 Å². The molecule has 1 saturated carbocycles. The number of carbonyl (C=O) groups excluding carboxylic acids is 1. The number of alkyl halides is 2. The molecule has 2 unspecified atom stereocenters. The van der Waals surface area contributed by atoms with Crippen LogP contribution in [-0.4, -0.2) is 31.6 Å². The van der Waals surface area contributed by atoms with Crippen molar-refractivity contribution in [1.82, 2.24) is 25.1 Å². The number of aromatic amines is 1. The summed E-state index contributed by atoms with van der Waals surface area (Å²) in [6.07, 6.45) is 2.60. The number of aromatic nitrogens is 4. The smallest absolute Gasteiger partial charge is 0.270 e. The second-order valence-electron chi connectivity index (χ2n) is 8.40. The molecule has 0 spiro atoms. The second-order valence-corrected chi connectivity index (χ2v) is 8.40. The Kier molecular flexibility index (Phi) is 7.19. The van der Waals surface area contributed by atoms with Crippen LogP contribution in [-0.2, 0) is 7.05 Å². The van der Waals surface area contributed by atoms with E-state index >= 15 is 0 Å². The molecule has 32 heavy (non-hydrogen) atoms. The number of H-pyrrole nitrogens is 1. The van der Waals surface area contributed by atoms with E-state index in [0.717, 1.165) is 23.0 Å². The summed E-state index contributed by atoms with van der Waals surface area (Å²) in [5.41, 5.74) is 9.11. The van der Waals surface area contributed by atoms with Gasteiger partial charge < -0.3 is 16.0 Å². The molecule has 4 N–H and O–H groups in total. The predicted octanol–water partition coefficient (Wildman–Crippen LogP) is 4.42. The molecule has 2 heterocycles. The summed E-state index contributed by atoms with van der Waals surface area (Å²) in [7, 11) is 1.69. The molecule has 0 radical (unpaired) electrons. The van der Waals surface area contributed by atoms with Gasteiger partial charge in [0.15, 0.2) is 0 Å². The van der Waals surface area contributed by atoms with Crippen molar-refractivity contribution in [3.63, 3.8) is 0 Å². The molecular weight excluding hydrogens is 438 g/mol. The highest BCUT2D eigenvalue weighted by Crippen LogP contribution is 2.41. The average molecular weight is 467 g/mol. The van der Waals surface area contributed by atoms with Crippen LogP contribution in [0.25, 0.3) is 11.0 Å². The van der Waals surface area contributed by atoms with Gasteiger partial charge in [0.25, 0.3) is 5.91 Å². The van der Waals surface area contributed by atoms with Gasteiger partial charge in [0.05, 0.1) is 17.1 Å². The molecule has 2 aromatic heterocycles. The minimum Gasteiger partial charge on any atom is -0.340 e. The number of carbonyl (C=O) groups is 1. The number of imidazole rings is 1. The lowest BCUT2D eigenvalue weighted by molar-refractivity contribution is -0.0496. The highest BCUT2D eigenvalue weighted by Gasteiger charge is 2.39. The monoisotopic (exact) mass is 466 g/mol. The summed E-state index contributed by atoms with van der Waals surface area (Å²) < 4.78 is 29.0. The van der Waals surface area contributed by atoms with Crippen molar-refractivity contribution in [1.29, 1.82) is 0 Å². The first kappa shape index (κ1) is 24.1. The van der Waals surface area contributed by atoms with Crippen molar-refractivity contribution < 1.29 is 13.6 Å². The first-order valence-electron chi connectivity index (χ1n) is 10.7. The molecule has 1 aliphatic carbocycles. The summed E-state index contributed by atoms with van der Waals surface area (Å²) in [5.74, 6) is -2.53. The Balaban J connectivity index is 0.00000289. The lowest BCUT2D eigenvalue weighted by Crippen LogP contribution is -2.38. The second kappa shape index (κ2) is 9.54. The number of rotatable bonds is 6. The summed E-state index contributed by atoms with van der Waals surface area (Å²) in [6.45, 7) is 2.02. The van der Waals surface area contributed by atoms with E-state index < -0.39 is 12.0 Å². The third kappa shape index (κ3) is 4.94. The van der Waals surface area contributed by atoms with Gasteiger partial charge in [-0.25, -0.2) is 13.8 Å². The van der Waals surface area contributed by atoms with Gasteiger partial charge in [0.1, 0.15) is 11.5 Å². The van der Waals surface area contributed by atoms with E-state index in [1.165, 1.54) is 4.68 Å². The third-order valence-electron chi connectivity index (χ3n) is 6.26. The van der Waals surface area contributed by atoms with Gasteiger partial charge in [-0.05, 0) is 48.9 Å². The number of halogens is 3. The quantitative estimate of drug-likeness (QED) is 0.500. The van der Waals surface area contributed by atoms with Crippen molar-refractivity contribution in [3.05, 3.63) is 47.5 Å². The van der Waals surface area contributed by atoms with E-state index in [-0.39, 0.29) is 43.1 Å². The molecule has 1 aliphatic rings. The molecule has 174 valence electrons. The van der Waals surface area contributed by atoms with Crippen LogP contribution in [0.2, 0.25) is 0 Å². The number of nitrogens with zero attached hydrogens (tertiary/aromatic N) is 3. The zero-order valence-corrected chi connectivity index (χ0v) is 19.0. The van der Waals surface area contributed by atoms with Crippen molar-refractivity contribution in [3.8, 4) is 0 Å². The van der Waals surface area contributed by atoms with Gasteiger partial charge in [-0.2, -0.15) is 5.10 Å². The first-order chi connectivity index (χ1) is 14.8. The van der Waals surface area contributed by atoms with Crippen LogP contribution in [0, 0.1) is 5.92 Å². The Morgan fingerprint density at radius 3 is 2.69 bits per heavy atom. The maximum absolute atomic E-state index is 13.8. The van der Waals surface area contributed by atoms with Crippen LogP contribution in [0.3, 0.4) is 0 Å². The third-order valence-corrected chi connectivity index (χ3v) is 6.26. The topological polar surface area (TPSA) is 102 Å². The Bertz CT molecular complexity index is 1070. The lowest BCUT2D eigenvalue weighted by Gasteiger charge is -2.33. The average Bonchev–Trinajstić information content (AvgIpc) is 3.37. The normalized spacial score (nSPS) is 18.2. The number of amides is 1. The van der Waals surface area contributed by atoms with Crippen LogP contribution in [0.15, 0.2) is 30.5 Å². The van der Waals surface area contributed by atoms with Gasteiger partial charge in [-0.1, -0.05) is 13.0 Å². The molecule has 1 aromatic carbocycles. The Hall–Kier alpha value is -2.52. The molecule has 3 aromatic rings. The summed E-state index contributed by atoms with van der Waals surface area (Å²) in [6, 6.07) is 6.87. The minimum atomic E-state index is -2.65. The first-order valence-corrected chi connectivity index (χ1v) is 10.7. The molecular formula is C22H29ClF2N6O. The standard InChI is InChI=1S/C22H28F2N6O.ClH/c1-3-15(25)14-4-5-16-17(12-14)28-20(27-16)19(13-6-9-22(23,24)10-7-13)29-21(31)18-8-11-26-30(18)2;/h4-5,8,11-13,15,19H,3,6-7,9-10,25H2,1-2H3,(H,27,28)(H,29,31);1H. The molecule has 0 saturated heterocycles. The van der Waals surface area contributed by atoms with Crippen molar-refractivity contribution in [2.45, 2.75) is 57.0 Å². The van der Waals surface area contributed by atoms with E-state index in [2.05, 4.69) is 15.4 Å². The zero-order chi connectivity index (χ0) is 22.2. The zero-order valence-electron chi connectivity index (χ0n) is 18.1. The summed E-state index contributed by atoms with van der Waals surface area (Å²) in [5, 5.41) is 7.06. The van der Waals surface area contributed by atoms with Crippen molar-refractivity contribution >= 4 is 29.3 Å². The fourth-order valence-electron chi connectivity index (χ4n) is 4.27. The minimum absolute atomic E-state index is 0. The highest BCUT2D eigenvalue weighted by molar-refractivity contribution is 5.92. The molecule has 7 nitrogen and oxygen atoms in total. The molecule has 2 atom stereocenters. The maximum Gasteiger partial charge on any atom is 0.270 e. The number of fused-ring (bicyclic) bond motifs is 1. The number of hydrogen-bond donors (Lipinski definition) is 3. The fourth-order valence-corrected chi connectivity index (χ4v) is 4.27. The van der Waals surface area contributed by atoms with E-state index in [4.69, 9.17) is 10.7 Å². The largest absolute Gasteiger partial charge is 0.340 e. The van der Waals surface area contributed by atoms with E-state index in [1.54, 1.807) is 19.3 Å². The lowest BCUT2D eigenvalue weighted by atomic mass is 9.81. The van der Waals surface area contributed by atoms with Crippen LogP contribution in [0.5, 0.6) is 0 Å². The van der Waals surface area contributed by atoms with Gasteiger partial charge >= 0.3 is 0 Å².